The molecule has 1 fully saturated rings. The van der Waals surface area contributed by atoms with Crippen molar-refractivity contribution in [2.45, 2.75) is 48.4 Å². The van der Waals surface area contributed by atoms with Crippen molar-refractivity contribution in [3.05, 3.63) is 82.6 Å². The van der Waals surface area contributed by atoms with Gasteiger partial charge in [0.2, 0.25) is 15.0 Å². The van der Waals surface area contributed by atoms with Crippen LogP contribution >= 0.6 is 11.3 Å². The minimum absolute atomic E-state index is 0.0514. The van der Waals surface area contributed by atoms with Crippen LogP contribution < -0.4 is 10.6 Å². The number of aryl methyl sites for hydroxylation is 1. The van der Waals surface area contributed by atoms with Crippen molar-refractivity contribution in [1.29, 1.82) is 0 Å². The third kappa shape index (κ3) is 5.81. The smallest absolute Gasteiger partial charge is 0.257 e. The maximum absolute atomic E-state index is 13.2. The van der Waals surface area contributed by atoms with Crippen molar-refractivity contribution in [3.63, 3.8) is 0 Å². The number of carbonyl (C=O) groups is 2. The molecule has 10 nitrogen and oxygen atoms in total. The van der Waals surface area contributed by atoms with Crippen LogP contribution in [0, 0.1) is 0 Å². The first-order valence-corrected chi connectivity index (χ1v) is 16.0. The lowest BCUT2D eigenvalue weighted by Gasteiger charge is -2.26. The molecular formula is C29H30N6O4S2. The molecule has 4 heterocycles. The number of amides is 2. The van der Waals surface area contributed by atoms with Crippen LogP contribution in [0.4, 0.5) is 5.69 Å². The molecule has 2 aromatic carbocycles. The van der Waals surface area contributed by atoms with E-state index in [9.17, 15) is 18.0 Å². The van der Waals surface area contributed by atoms with Crippen molar-refractivity contribution < 1.29 is 18.0 Å². The number of nitrogens with zero attached hydrogens (tertiary/aromatic N) is 4. The lowest BCUT2D eigenvalue weighted by atomic mass is 10.1. The second kappa shape index (κ2) is 11.6. The molecule has 6 rings (SSSR count). The Morgan fingerprint density at radius 3 is 2.73 bits per heavy atom. The summed E-state index contributed by atoms with van der Waals surface area (Å²) in [6.07, 6.45) is 11.6. The first-order valence-electron chi connectivity index (χ1n) is 13.7. The molecule has 2 aromatic heterocycles. The topological polar surface area (TPSA) is 126 Å². The van der Waals surface area contributed by atoms with Crippen molar-refractivity contribution in [2.24, 2.45) is 0 Å². The van der Waals surface area contributed by atoms with Gasteiger partial charge < -0.3 is 15.5 Å². The summed E-state index contributed by atoms with van der Waals surface area (Å²) in [5.41, 5.74) is 1.55. The highest BCUT2D eigenvalue weighted by Gasteiger charge is 2.31. The molecule has 0 spiro atoms. The minimum atomic E-state index is -3.93. The largest absolute Gasteiger partial charge is 0.347 e. The van der Waals surface area contributed by atoms with Gasteiger partial charge in [0.05, 0.1) is 33.8 Å². The molecule has 2 amide bonds. The van der Waals surface area contributed by atoms with Crippen molar-refractivity contribution in [1.82, 2.24) is 25.0 Å². The van der Waals surface area contributed by atoms with Crippen molar-refractivity contribution in [2.75, 3.05) is 25.0 Å². The number of thiazole rings is 1. The molecule has 12 heteroatoms. The standard InChI is InChI=1S/C29H30N6O4S2/c36-27(21-10-11-26-24(15-21)33-28(37)23-8-2-3-9-25(23)41(26,38)39)30-17-22-18-31-29(40-22)35-19-20(16-32-35)7-6-14-34-12-4-1-5-13-34/h2-3,8-11,15-16,18-19H,1,4-7,12-14,17H2,(H,30,36)(H,33,37). The van der Waals surface area contributed by atoms with Gasteiger partial charge in [-0.15, -0.1) is 0 Å². The zero-order valence-electron chi connectivity index (χ0n) is 22.4. The quantitative estimate of drug-likeness (QED) is 0.317. The second-order valence-electron chi connectivity index (χ2n) is 10.3. The molecular weight excluding hydrogens is 560 g/mol. The molecule has 2 aliphatic rings. The molecule has 0 atom stereocenters. The van der Waals surface area contributed by atoms with Gasteiger partial charge in [0.15, 0.2) is 0 Å². The zero-order chi connectivity index (χ0) is 28.4. The molecule has 1 saturated heterocycles. The molecule has 2 aliphatic heterocycles. The fourth-order valence-electron chi connectivity index (χ4n) is 5.24. The van der Waals surface area contributed by atoms with E-state index >= 15 is 0 Å². The second-order valence-corrected chi connectivity index (χ2v) is 13.2. The monoisotopic (exact) mass is 590 g/mol. The number of fused-ring (bicyclic) bond motifs is 2. The molecule has 41 heavy (non-hydrogen) atoms. The molecule has 0 radical (unpaired) electrons. The number of benzene rings is 2. The first kappa shape index (κ1) is 27.3. The number of hydrogen-bond donors (Lipinski definition) is 2. The van der Waals surface area contributed by atoms with E-state index < -0.39 is 21.7 Å². The van der Waals surface area contributed by atoms with E-state index in [2.05, 4.69) is 25.6 Å². The van der Waals surface area contributed by atoms with Gasteiger partial charge in [-0.2, -0.15) is 5.10 Å². The summed E-state index contributed by atoms with van der Waals surface area (Å²) in [4.78, 5) is 33.4. The van der Waals surface area contributed by atoms with Crippen LogP contribution in [0.2, 0.25) is 0 Å². The molecule has 0 bridgehead atoms. The Kier molecular flexibility index (Phi) is 7.69. The fraction of sp³-hybridized carbons (Fsp3) is 0.310. The van der Waals surface area contributed by atoms with Crippen LogP contribution in [0.15, 0.2) is 70.8 Å². The molecule has 2 N–H and O–H groups in total. The first-order chi connectivity index (χ1) is 19.9. The molecule has 0 saturated carbocycles. The number of rotatable bonds is 8. The number of nitrogens with one attached hydrogen (secondary N) is 2. The van der Waals surface area contributed by atoms with Gasteiger partial charge in [-0.1, -0.05) is 29.9 Å². The summed E-state index contributed by atoms with van der Waals surface area (Å²) in [7, 11) is -3.93. The average molecular weight is 591 g/mol. The van der Waals surface area contributed by atoms with Gasteiger partial charge in [-0.05, 0) is 81.2 Å². The van der Waals surface area contributed by atoms with Crippen LogP contribution in [-0.4, -0.2) is 59.5 Å². The van der Waals surface area contributed by atoms with Crippen LogP contribution in [0.3, 0.4) is 0 Å². The maximum Gasteiger partial charge on any atom is 0.257 e. The summed E-state index contributed by atoms with van der Waals surface area (Å²) in [6, 6.07) is 10.2. The molecule has 4 aromatic rings. The highest BCUT2D eigenvalue weighted by atomic mass is 32.2. The molecule has 0 aliphatic carbocycles. The van der Waals surface area contributed by atoms with E-state index in [0.29, 0.717) is 5.13 Å². The summed E-state index contributed by atoms with van der Waals surface area (Å²) in [5.74, 6) is -0.937. The predicted octanol–water partition coefficient (Wildman–Crippen LogP) is 4.08. The van der Waals surface area contributed by atoms with Gasteiger partial charge in [-0.25, -0.2) is 18.1 Å². The average Bonchev–Trinajstić information content (AvgIpc) is 3.64. The van der Waals surface area contributed by atoms with E-state index in [4.69, 9.17) is 0 Å². The number of aromatic nitrogens is 3. The van der Waals surface area contributed by atoms with Crippen molar-refractivity contribution in [3.8, 4) is 5.13 Å². The number of likely N-dealkylation sites (tertiary alicyclic amines) is 1. The normalized spacial score (nSPS) is 16.3. The summed E-state index contributed by atoms with van der Waals surface area (Å²) in [5, 5.41) is 10.7. The van der Waals surface area contributed by atoms with Gasteiger partial charge >= 0.3 is 0 Å². The van der Waals surface area contributed by atoms with Crippen LogP contribution in [0.25, 0.3) is 5.13 Å². The van der Waals surface area contributed by atoms with Crippen LogP contribution in [0.1, 0.15) is 56.8 Å². The lowest BCUT2D eigenvalue weighted by molar-refractivity contribution is 0.0949. The highest BCUT2D eigenvalue weighted by Crippen LogP contribution is 2.34. The molecule has 0 unspecified atom stereocenters. The zero-order valence-corrected chi connectivity index (χ0v) is 24.0. The fourth-order valence-corrected chi connectivity index (χ4v) is 7.61. The lowest BCUT2D eigenvalue weighted by Crippen LogP contribution is -2.30. The van der Waals surface area contributed by atoms with E-state index in [-0.39, 0.29) is 33.2 Å². The number of hydrogen-bond acceptors (Lipinski definition) is 8. The third-order valence-electron chi connectivity index (χ3n) is 7.39. The minimum Gasteiger partial charge on any atom is -0.347 e. The number of piperidine rings is 1. The van der Waals surface area contributed by atoms with E-state index in [1.54, 1.807) is 23.0 Å². The number of carbonyl (C=O) groups excluding carboxylic acids is 2. The maximum atomic E-state index is 13.2. The van der Waals surface area contributed by atoms with Gasteiger partial charge in [0, 0.05) is 22.8 Å². The van der Waals surface area contributed by atoms with Crippen LogP contribution in [0.5, 0.6) is 0 Å². The Hall–Kier alpha value is -3.87. The number of sulfone groups is 1. The van der Waals surface area contributed by atoms with Gasteiger partial charge in [-0.3, -0.25) is 9.59 Å². The Labute approximate surface area is 242 Å². The molecule has 212 valence electrons. The number of anilines is 1. The third-order valence-corrected chi connectivity index (χ3v) is 10.2. The van der Waals surface area contributed by atoms with Gasteiger partial charge in [0.1, 0.15) is 0 Å². The van der Waals surface area contributed by atoms with Crippen LogP contribution in [-0.2, 0) is 22.8 Å². The van der Waals surface area contributed by atoms with E-state index in [1.165, 1.54) is 79.6 Å². The van der Waals surface area contributed by atoms with Gasteiger partial charge in [0.25, 0.3) is 11.8 Å². The van der Waals surface area contributed by atoms with E-state index in [1.807, 2.05) is 12.4 Å². The SMILES string of the molecule is O=C(NCc1cnc(-n2cc(CCCN3CCCCC3)cn2)s1)c1ccc2c(c1)NC(=O)c1ccccc1S2(=O)=O. The highest BCUT2D eigenvalue weighted by molar-refractivity contribution is 7.91. The summed E-state index contributed by atoms with van der Waals surface area (Å²) in [6.45, 7) is 3.77. The summed E-state index contributed by atoms with van der Waals surface area (Å²) < 4.78 is 28.1. The predicted molar refractivity (Wildman–Crippen MR) is 155 cm³/mol. The van der Waals surface area contributed by atoms with Crippen molar-refractivity contribution >= 4 is 38.7 Å². The Balaban J connectivity index is 1.07. The Bertz CT molecular complexity index is 1710. The van der Waals surface area contributed by atoms with E-state index in [0.717, 1.165) is 24.3 Å². The Morgan fingerprint density at radius 1 is 1.05 bits per heavy atom. The Morgan fingerprint density at radius 2 is 1.88 bits per heavy atom. The summed E-state index contributed by atoms with van der Waals surface area (Å²) >= 11 is 1.43.